The van der Waals surface area contributed by atoms with Gasteiger partial charge in [0.15, 0.2) is 0 Å². The number of nitrogens with one attached hydrogen (secondary N) is 3. The molecule has 0 fully saturated rings. The molecule has 150 valence electrons. The average Bonchev–Trinajstić information content (AvgIpc) is 2.61. The average molecular weight is 424 g/mol. The lowest BCUT2D eigenvalue weighted by molar-refractivity contribution is -0.115. The molecule has 0 aliphatic carbocycles. The Morgan fingerprint density at radius 1 is 1.11 bits per heavy atom. The fraction of sp³-hybridized carbons (Fsp3) is 0.263. The Labute approximate surface area is 169 Å². The largest absolute Gasteiger partial charge is 0.343 e. The number of carbonyl (C=O) groups is 2. The monoisotopic (exact) mass is 423 g/mol. The van der Waals surface area contributed by atoms with Crippen molar-refractivity contribution in [2.45, 2.75) is 20.3 Å². The van der Waals surface area contributed by atoms with Crippen molar-refractivity contribution in [3.63, 3.8) is 0 Å². The highest BCUT2D eigenvalue weighted by Gasteiger charge is 2.13. The van der Waals surface area contributed by atoms with Crippen LogP contribution in [0.2, 0.25) is 5.02 Å². The van der Waals surface area contributed by atoms with E-state index in [0.717, 1.165) is 5.56 Å². The molecule has 28 heavy (non-hydrogen) atoms. The number of hydrogen-bond donors (Lipinski definition) is 3. The van der Waals surface area contributed by atoms with Gasteiger partial charge >= 0.3 is 0 Å². The smallest absolute Gasteiger partial charge is 0.251 e. The number of halogens is 1. The Morgan fingerprint density at radius 2 is 1.86 bits per heavy atom. The molecular weight excluding hydrogens is 402 g/mol. The Kier molecular flexibility index (Phi) is 7.42. The molecule has 0 radical (unpaired) electrons. The number of rotatable bonds is 8. The molecule has 0 aromatic heterocycles. The lowest BCUT2D eigenvalue weighted by Crippen LogP contribution is -2.33. The zero-order valence-electron chi connectivity index (χ0n) is 15.6. The molecule has 2 amide bonds. The Hall–Kier alpha value is -2.58. The van der Waals surface area contributed by atoms with Crippen LogP contribution in [0.4, 0.5) is 11.4 Å². The van der Waals surface area contributed by atoms with Gasteiger partial charge in [0.25, 0.3) is 5.91 Å². The molecule has 9 heteroatoms. The molecule has 2 aromatic carbocycles. The van der Waals surface area contributed by atoms with Crippen LogP contribution in [-0.2, 0) is 14.8 Å². The second kappa shape index (κ2) is 9.57. The van der Waals surface area contributed by atoms with Crippen molar-refractivity contribution in [3.05, 3.63) is 58.6 Å². The molecule has 2 rings (SSSR count). The van der Waals surface area contributed by atoms with Gasteiger partial charge in [-0.05, 0) is 49.2 Å². The van der Waals surface area contributed by atoms with Gasteiger partial charge in [0.2, 0.25) is 15.9 Å². The summed E-state index contributed by atoms with van der Waals surface area (Å²) in [5.41, 5.74) is 1.94. The molecule has 0 spiro atoms. The van der Waals surface area contributed by atoms with E-state index < -0.39 is 21.8 Å². The van der Waals surface area contributed by atoms with Gasteiger partial charge in [-0.2, -0.15) is 0 Å². The molecule has 2 aromatic rings. The van der Waals surface area contributed by atoms with E-state index in [2.05, 4.69) is 15.4 Å². The van der Waals surface area contributed by atoms with Crippen LogP contribution in [-0.4, -0.2) is 32.5 Å². The fourth-order valence-corrected chi connectivity index (χ4v) is 3.81. The number of anilines is 2. The maximum atomic E-state index is 12.3. The molecule has 7 nitrogen and oxygen atoms in total. The van der Waals surface area contributed by atoms with Crippen LogP contribution in [0.5, 0.6) is 0 Å². The minimum atomic E-state index is -3.45. The van der Waals surface area contributed by atoms with Crippen molar-refractivity contribution >= 4 is 44.8 Å². The van der Waals surface area contributed by atoms with Crippen LogP contribution in [0, 0.1) is 6.92 Å². The third-order valence-electron chi connectivity index (χ3n) is 3.68. The normalized spacial score (nSPS) is 11.0. The zero-order valence-corrected chi connectivity index (χ0v) is 17.2. The van der Waals surface area contributed by atoms with Crippen LogP contribution in [0.15, 0.2) is 42.5 Å². The predicted octanol–water partition coefficient (Wildman–Crippen LogP) is 3.17. The van der Waals surface area contributed by atoms with E-state index in [0.29, 0.717) is 17.1 Å². The van der Waals surface area contributed by atoms with Crippen LogP contribution >= 0.6 is 11.6 Å². The SMILES string of the molecule is CCCS(=O)(=O)Nc1cccc(C(=O)NCC(=O)Nc2ccc(C)cc2Cl)c1. The van der Waals surface area contributed by atoms with E-state index in [1.54, 1.807) is 31.2 Å². The van der Waals surface area contributed by atoms with Crippen molar-refractivity contribution in [1.82, 2.24) is 5.32 Å². The molecule has 0 bridgehead atoms. The molecular formula is C19H22ClN3O4S. The number of benzene rings is 2. The summed E-state index contributed by atoms with van der Waals surface area (Å²) >= 11 is 6.07. The van der Waals surface area contributed by atoms with Gasteiger partial charge in [-0.15, -0.1) is 0 Å². The summed E-state index contributed by atoms with van der Waals surface area (Å²) in [5, 5.41) is 5.53. The number of carbonyl (C=O) groups excluding carboxylic acids is 2. The molecule has 0 saturated carbocycles. The Morgan fingerprint density at radius 3 is 2.54 bits per heavy atom. The first-order valence-electron chi connectivity index (χ1n) is 8.65. The molecule has 0 saturated heterocycles. The molecule has 0 heterocycles. The van der Waals surface area contributed by atoms with Gasteiger partial charge in [0.05, 0.1) is 23.0 Å². The maximum Gasteiger partial charge on any atom is 0.251 e. The summed E-state index contributed by atoms with van der Waals surface area (Å²) in [6.07, 6.45) is 0.482. The number of sulfonamides is 1. The molecule has 0 aliphatic heterocycles. The van der Waals surface area contributed by atoms with Crippen molar-refractivity contribution < 1.29 is 18.0 Å². The highest BCUT2D eigenvalue weighted by Crippen LogP contribution is 2.22. The predicted molar refractivity (Wildman–Crippen MR) is 111 cm³/mol. The summed E-state index contributed by atoms with van der Waals surface area (Å²) < 4.78 is 26.1. The Bertz CT molecular complexity index is 977. The van der Waals surface area contributed by atoms with E-state index in [4.69, 9.17) is 11.6 Å². The molecule has 0 atom stereocenters. The molecule has 3 N–H and O–H groups in total. The third-order valence-corrected chi connectivity index (χ3v) is 5.48. The zero-order chi connectivity index (χ0) is 20.7. The van der Waals surface area contributed by atoms with Gasteiger partial charge in [-0.25, -0.2) is 8.42 Å². The van der Waals surface area contributed by atoms with Crippen LogP contribution < -0.4 is 15.4 Å². The topological polar surface area (TPSA) is 104 Å². The van der Waals surface area contributed by atoms with Crippen LogP contribution in [0.1, 0.15) is 29.3 Å². The second-order valence-corrected chi connectivity index (χ2v) is 8.46. The number of aryl methyl sites for hydroxylation is 1. The van der Waals surface area contributed by atoms with Gasteiger partial charge < -0.3 is 10.6 Å². The molecule has 0 aliphatic rings. The number of hydrogen-bond acceptors (Lipinski definition) is 4. The van der Waals surface area contributed by atoms with E-state index in [1.165, 1.54) is 12.1 Å². The van der Waals surface area contributed by atoms with E-state index in [9.17, 15) is 18.0 Å². The van der Waals surface area contributed by atoms with Crippen LogP contribution in [0.3, 0.4) is 0 Å². The van der Waals surface area contributed by atoms with Gasteiger partial charge in [0.1, 0.15) is 0 Å². The lowest BCUT2D eigenvalue weighted by Gasteiger charge is -2.10. The second-order valence-electron chi connectivity index (χ2n) is 6.22. The summed E-state index contributed by atoms with van der Waals surface area (Å²) in [6.45, 7) is 3.39. The van der Waals surface area contributed by atoms with E-state index in [-0.39, 0.29) is 23.5 Å². The summed E-state index contributed by atoms with van der Waals surface area (Å²) in [7, 11) is -3.45. The van der Waals surface area contributed by atoms with Crippen molar-refractivity contribution in [3.8, 4) is 0 Å². The van der Waals surface area contributed by atoms with E-state index in [1.807, 2.05) is 13.0 Å². The highest BCUT2D eigenvalue weighted by molar-refractivity contribution is 7.92. The lowest BCUT2D eigenvalue weighted by atomic mass is 10.2. The molecule has 0 unspecified atom stereocenters. The van der Waals surface area contributed by atoms with Crippen LogP contribution in [0.25, 0.3) is 0 Å². The Balaban J connectivity index is 1.95. The van der Waals surface area contributed by atoms with Crippen molar-refractivity contribution in [2.75, 3.05) is 22.3 Å². The van der Waals surface area contributed by atoms with Crippen molar-refractivity contribution in [1.29, 1.82) is 0 Å². The summed E-state index contributed by atoms with van der Waals surface area (Å²) in [4.78, 5) is 24.3. The standard InChI is InChI=1S/C19H22ClN3O4S/c1-3-9-28(26,27)23-15-6-4-5-14(11-15)19(25)21-12-18(24)22-17-8-7-13(2)10-16(17)20/h4-8,10-11,23H,3,9,12H2,1-2H3,(H,21,25)(H,22,24). The maximum absolute atomic E-state index is 12.3. The quantitative estimate of drug-likeness (QED) is 0.606. The van der Waals surface area contributed by atoms with Crippen molar-refractivity contribution in [2.24, 2.45) is 0 Å². The number of amides is 2. The first-order chi connectivity index (χ1) is 13.2. The summed E-state index contributed by atoms with van der Waals surface area (Å²) in [6, 6.07) is 11.3. The third kappa shape index (κ3) is 6.54. The minimum Gasteiger partial charge on any atom is -0.343 e. The first kappa shape index (κ1) is 21.7. The highest BCUT2D eigenvalue weighted by atomic mass is 35.5. The van der Waals surface area contributed by atoms with E-state index >= 15 is 0 Å². The van der Waals surface area contributed by atoms with Gasteiger partial charge in [-0.3, -0.25) is 14.3 Å². The summed E-state index contributed by atoms with van der Waals surface area (Å²) in [5.74, 6) is -0.939. The minimum absolute atomic E-state index is 0.00876. The van der Waals surface area contributed by atoms with Gasteiger partial charge in [0, 0.05) is 11.3 Å². The van der Waals surface area contributed by atoms with Gasteiger partial charge in [-0.1, -0.05) is 30.7 Å². The first-order valence-corrected chi connectivity index (χ1v) is 10.7. The fourth-order valence-electron chi connectivity index (χ4n) is 2.40.